The van der Waals surface area contributed by atoms with Crippen molar-refractivity contribution in [3.05, 3.63) is 0 Å². The number of nitrogens with zero attached hydrogens (tertiary/aromatic N) is 1. The highest BCUT2D eigenvalue weighted by molar-refractivity contribution is 4.82. The molecule has 0 saturated heterocycles. The van der Waals surface area contributed by atoms with Gasteiger partial charge in [0.25, 0.3) is 0 Å². The molecule has 3 N–H and O–H groups in total. The van der Waals surface area contributed by atoms with Crippen molar-refractivity contribution in [2.24, 2.45) is 5.73 Å². The van der Waals surface area contributed by atoms with Crippen LogP contribution < -0.4 is 5.73 Å². The normalized spacial score (nSPS) is 27.2. The zero-order chi connectivity index (χ0) is 11.1. The summed E-state index contributed by atoms with van der Waals surface area (Å²) in [4.78, 5) is 2.31. The van der Waals surface area contributed by atoms with E-state index in [1.807, 2.05) is 0 Å². The molecule has 1 aliphatic carbocycles. The summed E-state index contributed by atoms with van der Waals surface area (Å²) in [5, 5.41) is 9.02. The minimum atomic E-state index is 0.218. The van der Waals surface area contributed by atoms with Gasteiger partial charge < -0.3 is 15.6 Å². The number of aliphatic hydroxyl groups excluding tert-OH is 1. The Balaban J connectivity index is 2.38. The van der Waals surface area contributed by atoms with Crippen LogP contribution in [0.1, 0.15) is 25.7 Å². The van der Waals surface area contributed by atoms with Crippen LogP contribution in [0.25, 0.3) is 0 Å². The zero-order valence-corrected chi connectivity index (χ0v) is 9.69. The first-order valence-corrected chi connectivity index (χ1v) is 5.87. The molecule has 0 aliphatic heterocycles. The van der Waals surface area contributed by atoms with Crippen molar-refractivity contribution in [3.63, 3.8) is 0 Å². The maximum absolute atomic E-state index is 9.02. The van der Waals surface area contributed by atoms with Crippen LogP contribution in [0.5, 0.6) is 0 Å². The summed E-state index contributed by atoms with van der Waals surface area (Å²) in [7, 11) is 1.71. The second-order valence-corrected chi connectivity index (χ2v) is 4.33. The summed E-state index contributed by atoms with van der Waals surface area (Å²) < 4.78 is 5.08. The molecule has 1 rings (SSSR count). The molecule has 1 aliphatic rings. The average molecular weight is 216 g/mol. The van der Waals surface area contributed by atoms with Gasteiger partial charge in [0.05, 0.1) is 13.2 Å². The van der Waals surface area contributed by atoms with Gasteiger partial charge in [-0.3, -0.25) is 4.90 Å². The van der Waals surface area contributed by atoms with E-state index in [9.17, 15) is 0 Å². The summed E-state index contributed by atoms with van der Waals surface area (Å²) >= 11 is 0. The molecule has 15 heavy (non-hydrogen) atoms. The number of methoxy groups -OCH3 is 1. The Kier molecular flexibility index (Phi) is 6.17. The third kappa shape index (κ3) is 4.47. The number of rotatable bonds is 6. The predicted octanol–water partition coefficient (Wildman–Crippen LogP) is 0.197. The summed E-state index contributed by atoms with van der Waals surface area (Å²) in [5.41, 5.74) is 5.97. The average Bonchev–Trinajstić information content (AvgIpc) is 2.24. The van der Waals surface area contributed by atoms with Gasteiger partial charge in [-0.25, -0.2) is 0 Å². The molecular formula is C11H24N2O2. The fourth-order valence-electron chi connectivity index (χ4n) is 2.35. The molecule has 2 atom stereocenters. The minimum absolute atomic E-state index is 0.218. The highest BCUT2D eigenvalue weighted by Gasteiger charge is 2.24. The molecule has 2 unspecified atom stereocenters. The molecular weight excluding hydrogens is 192 g/mol. The summed E-state index contributed by atoms with van der Waals surface area (Å²) in [5.74, 6) is 0. The number of aliphatic hydroxyl groups is 1. The molecule has 0 spiro atoms. The van der Waals surface area contributed by atoms with E-state index in [-0.39, 0.29) is 6.61 Å². The number of hydrogen-bond donors (Lipinski definition) is 2. The van der Waals surface area contributed by atoms with Crippen LogP contribution in [0, 0.1) is 0 Å². The number of hydrogen-bond acceptors (Lipinski definition) is 4. The van der Waals surface area contributed by atoms with Crippen LogP contribution in [0.4, 0.5) is 0 Å². The largest absolute Gasteiger partial charge is 0.395 e. The first-order valence-electron chi connectivity index (χ1n) is 5.87. The van der Waals surface area contributed by atoms with Crippen molar-refractivity contribution >= 4 is 0 Å². The molecule has 0 radical (unpaired) electrons. The molecule has 4 nitrogen and oxygen atoms in total. The van der Waals surface area contributed by atoms with Crippen molar-refractivity contribution < 1.29 is 9.84 Å². The smallest absolute Gasteiger partial charge is 0.0589 e. The third-order valence-electron chi connectivity index (χ3n) is 3.17. The van der Waals surface area contributed by atoms with Gasteiger partial charge in [0, 0.05) is 32.3 Å². The topological polar surface area (TPSA) is 58.7 Å². The predicted molar refractivity (Wildman–Crippen MR) is 60.8 cm³/mol. The maximum atomic E-state index is 9.02. The third-order valence-corrected chi connectivity index (χ3v) is 3.17. The van der Waals surface area contributed by atoms with Crippen LogP contribution in [0.3, 0.4) is 0 Å². The Bertz CT molecular complexity index is 167. The van der Waals surface area contributed by atoms with E-state index in [2.05, 4.69) is 4.90 Å². The molecule has 90 valence electrons. The SMILES string of the molecule is COCCN(CCO)C1CCCC(N)C1. The standard InChI is InChI=1S/C11H24N2O2/c1-15-8-6-13(5-7-14)11-4-2-3-10(12)9-11/h10-11,14H,2-9,12H2,1H3. The summed E-state index contributed by atoms with van der Waals surface area (Å²) in [6.45, 7) is 2.58. The molecule has 0 aromatic carbocycles. The van der Waals surface area contributed by atoms with Crippen LogP contribution in [0.2, 0.25) is 0 Å². The minimum Gasteiger partial charge on any atom is -0.395 e. The Morgan fingerprint density at radius 1 is 1.40 bits per heavy atom. The second-order valence-electron chi connectivity index (χ2n) is 4.33. The molecule has 0 heterocycles. The van der Waals surface area contributed by atoms with Gasteiger partial charge in [0.1, 0.15) is 0 Å². The van der Waals surface area contributed by atoms with Gasteiger partial charge in [0.15, 0.2) is 0 Å². The quantitative estimate of drug-likeness (QED) is 0.666. The Hall–Kier alpha value is -0.160. The number of ether oxygens (including phenoxy) is 1. The van der Waals surface area contributed by atoms with E-state index >= 15 is 0 Å². The lowest BCUT2D eigenvalue weighted by Crippen LogP contribution is -2.45. The molecule has 0 aromatic heterocycles. The monoisotopic (exact) mass is 216 g/mol. The lowest BCUT2D eigenvalue weighted by molar-refractivity contribution is 0.0819. The maximum Gasteiger partial charge on any atom is 0.0589 e. The van der Waals surface area contributed by atoms with Crippen molar-refractivity contribution in [1.82, 2.24) is 4.90 Å². The Morgan fingerprint density at radius 2 is 2.20 bits per heavy atom. The van der Waals surface area contributed by atoms with E-state index in [0.717, 1.165) is 32.5 Å². The number of nitrogens with two attached hydrogens (primary N) is 1. The van der Waals surface area contributed by atoms with Gasteiger partial charge in [-0.1, -0.05) is 6.42 Å². The fraction of sp³-hybridized carbons (Fsp3) is 1.00. The highest BCUT2D eigenvalue weighted by atomic mass is 16.5. The first kappa shape index (κ1) is 12.9. The second kappa shape index (κ2) is 7.17. The molecule has 0 bridgehead atoms. The molecule has 4 heteroatoms. The summed E-state index contributed by atoms with van der Waals surface area (Å²) in [6, 6.07) is 0.878. The van der Waals surface area contributed by atoms with Gasteiger partial charge in [-0.2, -0.15) is 0 Å². The Morgan fingerprint density at radius 3 is 2.80 bits per heavy atom. The first-order chi connectivity index (χ1) is 7.27. The van der Waals surface area contributed by atoms with E-state index in [0.29, 0.717) is 12.1 Å². The van der Waals surface area contributed by atoms with E-state index in [1.165, 1.54) is 12.8 Å². The van der Waals surface area contributed by atoms with Crippen LogP contribution in [-0.2, 0) is 4.74 Å². The van der Waals surface area contributed by atoms with Gasteiger partial charge in [-0.05, 0) is 19.3 Å². The molecule has 1 saturated carbocycles. The fourth-order valence-corrected chi connectivity index (χ4v) is 2.35. The van der Waals surface area contributed by atoms with Gasteiger partial charge in [-0.15, -0.1) is 0 Å². The van der Waals surface area contributed by atoms with Crippen molar-refractivity contribution in [3.8, 4) is 0 Å². The molecule has 0 aromatic rings. The lowest BCUT2D eigenvalue weighted by atomic mass is 9.90. The van der Waals surface area contributed by atoms with Crippen LogP contribution in [-0.4, -0.2) is 55.5 Å². The van der Waals surface area contributed by atoms with Crippen molar-refractivity contribution in [2.75, 3.05) is 33.4 Å². The van der Waals surface area contributed by atoms with Gasteiger partial charge >= 0.3 is 0 Å². The van der Waals surface area contributed by atoms with Gasteiger partial charge in [0.2, 0.25) is 0 Å². The molecule has 1 fully saturated rings. The van der Waals surface area contributed by atoms with Crippen LogP contribution in [0.15, 0.2) is 0 Å². The van der Waals surface area contributed by atoms with E-state index in [1.54, 1.807) is 7.11 Å². The van der Waals surface area contributed by atoms with Crippen molar-refractivity contribution in [2.45, 2.75) is 37.8 Å². The highest BCUT2D eigenvalue weighted by Crippen LogP contribution is 2.21. The van der Waals surface area contributed by atoms with E-state index in [4.69, 9.17) is 15.6 Å². The van der Waals surface area contributed by atoms with Crippen LogP contribution >= 0.6 is 0 Å². The van der Waals surface area contributed by atoms with Crippen molar-refractivity contribution in [1.29, 1.82) is 0 Å². The van der Waals surface area contributed by atoms with E-state index < -0.39 is 0 Å². The Labute approximate surface area is 92.4 Å². The zero-order valence-electron chi connectivity index (χ0n) is 9.69. The summed E-state index contributed by atoms with van der Waals surface area (Å²) in [6.07, 6.45) is 4.62. The lowest BCUT2D eigenvalue weighted by Gasteiger charge is -2.36. The molecule has 0 amide bonds.